The molecule has 1 heterocycles. The summed E-state index contributed by atoms with van der Waals surface area (Å²) in [7, 11) is 0. The number of alkyl halides is 3. The molecule has 0 aromatic heterocycles. The number of anilines is 2. The van der Waals surface area contributed by atoms with Crippen LogP contribution in [0.1, 0.15) is 13.3 Å². The summed E-state index contributed by atoms with van der Waals surface area (Å²) in [6.45, 7) is 0.142. The molecule has 1 fully saturated rings. The van der Waals surface area contributed by atoms with E-state index in [0.29, 0.717) is 11.4 Å². The fourth-order valence-electron chi connectivity index (χ4n) is 2.35. The zero-order valence-corrected chi connectivity index (χ0v) is 13.0. The smallest absolute Gasteiger partial charge is 0.372 e. The molecule has 0 bridgehead atoms. The molecular weight excluding hydrogens is 335 g/mol. The predicted octanol–water partition coefficient (Wildman–Crippen LogP) is 2.87. The molecule has 1 aromatic carbocycles. The van der Waals surface area contributed by atoms with Gasteiger partial charge in [-0.1, -0.05) is 11.6 Å². The second kappa shape index (κ2) is 6.66. The number of hydrogen-bond donors (Lipinski definition) is 2. The third kappa shape index (κ3) is 4.75. The van der Waals surface area contributed by atoms with Crippen LogP contribution in [0.3, 0.4) is 0 Å². The second-order valence-electron chi connectivity index (χ2n) is 5.24. The molecule has 1 saturated heterocycles. The lowest BCUT2D eigenvalue weighted by Gasteiger charge is -2.19. The van der Waals surface area contributed by atoms with Gasteiger partial charge in [-0.3, -0.25) is 9.59 Å². The van der Waals surface area contributed by atoms with Crippen LogP contribution in [0.2, 0.25) is 5.02 Å². The van der Waals surface area contributed by atoms with Crippen molar-refractivity contribution in [1.82, 2.24) is 4.90 Å². The molecule has 0 unspecified atom stereocenters. The molecule has 0 spiro atoms. The summed E-state index contributed by atoms with van der Waals surface area (Å²) in [6, 6.07) is 3.90. The standard InChI is InChI=1S/C14H15ClF3N3O2/c1-8(22)19-9-2-3-11(10(15)6-9)20-12-4-5-21(13(12)23)7-14(16,17)18/h2-3,6,12,20H,4-5,7H2,1H3,(H,19,22)/t12-/m1/s1. The zero-order chi connectivity index (χ0) is 17.2. The molecule has 2 N–H and O–H groups in total. The van der Waals surface area contributed by atoms with Crippen molar-refractivity contribution >= 4 is 34.8 Å². The maximum atomic E-state index is 12.4. The van der Waals surface area contributed by atoms with E-state index < -0.39 is 24.7 Å². The number of halogens is 4. The van der Waals surface area contributed by atoms with Crippen molar-refractivity contribution in [3.63, 3.8) is 0 Å². The molecule has 1 aliphatic heterocycles. The number of likely N-dealkylation sites (tertiary alicyclic amines) is 1. The third-order valence-corrected chi connectivity index (χ3v) is 3.60. The van der Waals surface area contributed by atoms with Gasteiger partial charge in [0.05, 0.1) is 10.7 Å². The van der Waals surface area contributed by atoms with E-state index in [1.165, 1.54) is 13.0 Å². The van der Waals surface area contributed by atoms with E-state index in [4.69, 9.17) is 11.6 Å². The summed E-state index contributed by atoms with van der Waals surface area (Å²) in [4.78, 5) is 23.7. The van der Waals surface area contributed by atoms with E-state index in [9.17, 15) is 22.8 Å². The number of nitrogens with one attached hydrogen (secondary N) is 2. The Morgan fingerprint density at radius 2 is 2.13 bits per heavy atom. The van der Waals surface area contributed by atoms with Gasteiger partial charge in [0.25, 0.3) is 0 Å². The van der Waals surface area contributed by atoms with Crippen LogP contribution >= 0.6 is 11.6 Å². The van der Waals surface area contributed by atoms with Crippen LogP contribution in [-0.4, -0.2) is 42.0 Å². The predicted molar refractivity (Wildman–Crippen MR) is 80.4 cm³/mol. The maximum absolute atomic E-state index is 12.4. The Balaban J connectivity index is 2.03. The van der Waals surface area contributed by atoms with Crippen LogP contribution in [0.25, 0.3) is 0 Å². The van der Waals surface area contributed by atoms with E-state index >= 15 is 0 Å². The normalized spacial score (nSPS) is 18.2. The van der Waals surface area contributed by atoms with Crippen molar-refractivity contribution in [3.8, 4) is 0 Å². The van der Waals surface area contributed by atoms with Crippen LogP contribution in [0, 0.1) is 0 Å². The summed E-state index contributed by atoms with van der Waals surface area (Å²) in [5.41, 5.74) is 0.914. The fraction of sp³-hybridized carbons (Fsp3) is 0.429. The van der Waals surface area contributed by atoms with Crippen molar-refractivity contribution in [2.75, 3.05) is 23.7 Å². The van der Waals surface area contributed by atoms with Crippen LogP contribution < -0.4 is 10.6 Å². The fourth-order valence-corrected chi connectivity index (χ4v) is 2.58. The monoisotopic (exact) mass is 349 g/mol. The molecule has 1 aromatic rings. The van der Waals surface area contributed by atoms with E-state index in [-0.39, 0.29) is 23.9 Å². The first kappa shape index (κ1) is 17.4. The summed E-state index contributed by atoms with van der Waals surface area (Å²) >= 11 is 6.06. The van der Waals surface area contributed by atoms with E-state index in [2.05, 4.69) is 10.6 Å². The molecule has 1 atom stereocenters. The minimum atomic E-state index is -4.41. The van der Waals surface area contributed by atoms with Gasteiger partial charge in [-0.2, -0.15) is 13.2 Å². The molecule has 0 saturated carbocycles. The first-order valence-electron chi connectivity index (χ1n) is 6.85. The highest BCUT2D eigenvalue weighted by atomic mass is 35.5. The number of carbonyl (C=O) groups is 2. The zero-order valence-electron chi connectivity index (χ0n) is 12.2. The molecule has 0 aliphatic carbocycles. The Bertz CT molecular complexity index is 622. The molecule has 23 heavy (non-hydrogen) atoms. The van der Waals surface area contributed by atoms with Gasteiger partial charge in [0.2, 0.25) is 11.8 Å². The quantitative estimate of drug-likeness (QED) is 0.878. The highest BCUT2D eigenvalue weighted by Crippen LogP contribution is 2.28. The third-order valence-electron chi connectivity index (χ3n) is 3.29. The number of carbonyl (C=O) groups excluding carboxylic acids is 2. The lowest BCUT2D eigenvalue weighted by Crippen LogP contribution is -2.39. The largest absolute Gasteiger partial charge is 0.406 e. The second-order valence-corrected chi connectivity index (χ2v) is 5.64. The molecule has 5 nitrogen and oxygen atoms in total. The van der Waals surface area contributed by atoms with Crippen LogP contribution in [0.4, 0.5) is 24.5 Å². The molecule has 9 heteroatoms. The van der Waals surface area contributed by atoms with E-state index in [0.717, 1.165) is 4.90 Å². The van der Waals surface area contributed by atoms with Gasteiger partial charge < -0.3 is 15.5 Å². The van der Waals surface area contributed by atoms with Gasteiger partial charge in [0.1, 0.15) is 12.6 Å². The summed E-state index contributed by atoms with van der Waals surface area (Å²) in [5, 5.41) is 5.67. The summed E-state index contributed by atoms with van der Waals surface area (Å²) in [5.74, 6) is -0.861. The van der Waals surface area contributed by atoms with Crippen LogP contribution in [0.5, 0.6) is 0 Å². The Labute approximate surface area is 135 Å². The molecular formula is C14H15ClF3N3O2. The van der Waals surface area contributed by atoms with Gasteiger partial charge in [0.15, 0.2) is 0 Å². The average molecular weight is 350 g/mol. The number of hydrogen-bond acceptors (Lipinski definition) is 3. The first-order chi connectivity index (χ1) is 10.7. The van der Waals surface area contributed by atoms with Crippen molar-refractivity contribution in [3.05, 3.63) is 23.2 Å². The molecule has 0 radical (unpaired) electrons. The molecule has 2 amide bonds. The van der Waals surface area contributed by atoms with Gasteiger partial charge in [-0.25, -0.2) is 0 Å². The van der Waals surface area contributed by atoms with Crippen LogP contribution in [-0.2, 0) is 9.59 Å². The Morgan fingerprint density at radius 3 is 2.70 bits per heavy atom. The van der Waals surface area contributed by atoms with Gasteiger partial charge in [0, 0.05) is 19.2 Å². The van der Waals surface area contributed by atoms with Gasteiger partial charge in [-0.05, 0) is 24.6 Å². The minimum Gasteiger partial charge on any atom is -0.372 e. The van der Waals surface area contributed by atoms with Crippen molar-refractivity contribution in [2.45, 2.75) is 25.6 Å². The highest BCUT2D eigenvalue weighted by Gasteiger charge is 2.39. The summed E-state index contributed by atoms with van der Waals surface area (Å²) < 4.78 is 37.1. The lowest BCUT2D eigenvalue weighted by molar-refractivity contribution is -0.157. The number of rotatable bonds is 4. The van der Waals surface area contributed by atoms with E-state index in [1.54, 1.807) is 12.1 Å². The topological polar surface area (TPSA) is 61.4 Å². The van der Waals surface area contributed by atoms with Gasteiger partial charge in [-0.15, -0.1) is 0 Å². The minimum absolute atomic E-state index is 0.0393. The van der Waals surface area contributed by atoms with Gasteiger partial charge >= 0.3 is 6.18 Å². The van der Waals surface area contributed by atoms with Crippen molar-refractivity contribution in [1.29, 1.82) is 0 Å². The number of amides is 2. The van der Waals surface area contributed by atoms with Crippen LogP contribution in [0.15, 0.2) is 18.2 Å². The number of benzene rings is 1. The Hall–Kier alpha value is -1.96. The SMILES string of the molecule is CC(=O)Nc1ccc(N[C@@H]2CCN(CC(F)(F)F)C2=O)c(Cl)c1. The summed E-state index contributed by atoms with van der Waals surface area (Å²) in [6.07, 6.45) is -4.15. The Morgan fingerprint density at radius 1 is 1.43 bits per heavy atom. The average Bonchev–Trinajstić information content (AvgIpc) is 2.72. The number of nitrogens with zero attached hydrogens (tertiary/aromatic N) is 1. The molecule has 2 rings (SSSR count). The first-order valence-corrected chi connectivity index (χ1v) is 7.23. The highest BCUT2D eigenvalue weighted by molar-refractivity contribution is 6.33. The Kier molecular flexibility index (Phi) is 5.03. The van der Waals surface area contributed by atoms with E-state index in [1.807, 2.05) is 0 Å². The van der Waals surface area contributed by atoms with Crippen molar-refractivity contribution in [2.24, 2.45) is 0 Å². The maximum Gasteiger partial charge on any atom is 0.406 e. The lowest BCUT2D eigenvalue weighted by atomic mass is 10.2. The molecule has 1 aliphatic rings. The van der Waals surface area contributed by atoms with Crippen molar-refractivity contribution < 1.29 is 22.8 Å². The molecule has 126 valence electrons.